The van der Waals surface area contributed by atoms with Crippen LogP contribution in [-0.4, -0.2) is 40.1 Å². The molecule has 2 heterocycles. The topological polar surface area (TPSA) is 137 Å². The number of hydrogen-bond acceptors (Lipinski definition) is 8. The van der Waals surface area contributed by atoms with Crippen molar-refractivity contribution in [3.05, 3.63) is 98.5 Å². The number of imide groups is 1. The van der Waals surface area contributed by atoms with Crippen molar-refractivity contribution < 1.29 is 28.8 Å². The van der Waals surface area contributed by atoms with Crippen LogP contribution in [0.25, 0.3) is 22.2 Å². The van der Waals surface area contributed by atoms with Crippen molar-refractivity contribution in [3.8, 4) is 11.3 Å². The number of fused-ring (bicyclic) bond motifs is 2. The van der Waals surface area contributed by atoms with Gasteiger partial charge in [-0.05, 0) is 61.4 Å². The predicted octanol–water partition coefficient (Wildman–Crippen LogP) is 6.29. The normalized spacial score (nSPS) is 18.0. The van der Waals surface area contributed by atoms with Gasteiger partial charge in [-0.3, -0.25) is 29.4 Å². The summed E-state index contributed by atoms with van der Waals surface area (Å²) in [6.07, 6.45) is 3.37. The molecule has 2 fully saturated rings. The summed E-state index contributed by atoms with van der Waals surface area (Å²) in [5.41, 5.74) is 2.35. The third kappa shape index (κ3) is 5.43. The summed E-state index contributed by atoms with van der Waals surface area (Å²) in [4.78, 5) is 68.3. The maximum atomic E-state index is 13.3. The summed E-state index contributed by atoms with van der Waals surface area (Å²) in [6.45, 7) is -0.557. The number of hydrogen-bond donors (Lipinski definition) is 0. The first-order valence-electron chi connectivity index (χ1n) is 13.7. The molecule has 0 radical (unpaired) electrons. The zero-order valence-corrected chi connectivity index (χ0v) is 24.3. The molecule has 4 aromatic rings. The molecule has 0 spiro atoms. The highest BCUT2D eigenvalue weighted by molar-refractivity contribution is 9.10. The smallest absolute Gasteiger partial charge is 0.339 e. The third-order valence-electron chi connectivity index (χ3n) is 7.99. The number of Topliss-reactive ketones (excluding diaryl/α,β-unsaturated/α-hetero) is 1. The molecule has 2 unspecified atom stereocenters. The molecule has 11 heteroatoms. The summed E-state index contributed by atoms with van der Waals surface area (Å²) in [5.74, 6) is -2.04. The Morgan fingerprint density at radius 1 is 0.930 bits per heavy atom. The molecular weight excluding hydrogens is 618 g/mol. The number of rotatable bonds is 7. The monoisotopic (exact) mass is 641 g/mol. The van der Waals surface area contributed by atoms with E-state index in [9.17, 15) is 29.3 Å². The first kappa shape index (κ1) is 28.4. The van der Waals surface area contributed by atoms with Crippen LogP contribution in [0.15, 0.2) is 77.3 Å². The number of ether oxygens (including phenoxy) is 1. The van der Waals surface area contributed by atoms with Crippen molar-refractivity contribution in [2.45, 2.75) is 25.7 Å². The van der Waals surface area contributed by atoms with Gasteiger partial charge in [0.1, 0.15) is 0 Å². The molecule has 1 saturated carbocycles. The van der Waals surface area contributed by atoms with Crippen molar-refractivity contribution in [1.29, 1.82) is 0 Å². The Morgan fingerprint density at radius 3 is 2.21 bits per heavy atom. The summed E-state index contributed by atoms with van der Waals surface area (Å²) in [5, 5.41) is 11.4. The van der Waals surface area contributed by atoms with Crippen molar-refractivity contribution in [2.24, 2.45) is 11.8 Å². The summed E-state index contributed by atoms with van der Waals surface area (Å²) >= 11 is 3.42. The van der Waals surface area contributed by atoms with E-state index in [2.05, 4.69) is 15.9 Å². The standard InChI is InChI=1S/C32H24BrN3O7/c33-20-9-14-27-25(15-20)26(32(40)43-17-29(37)19-7-12-22(13-8-19)36(41)42)16-28(34-27)18-5-10-21(11-6-18)35-30(38)23-3-1-2-4-24(23)31(35)39/h5-16,23-24H,1-4,17H2. The summed E-state index contributed by atoms with van der Waals surface area (Å²) < 4.78 is 6.09. The van der Waals surface area contributed by atoms with Gasteiger partial charge in [-0.25, -0.2) is 9.78 Å². The van der Waals surface area contributed by atoms with Gasteiger partial charge >= 0.3 is 5.97 Å². The number of aromatic nitrogens is 1. The second-order valence-corrected chi connectivity index (χ2v) is 11.5. The van der Waals surface area contributed by atoms with E-state index < -0.39 is 23.3 Å². The minimum Gasteiger partial charge on any atom is -0.454 e. The number of non-ortho nitro benzene ring substituents is 1. The number of halogens is 1. The number of anilines is 1. The van der Waals surface area contributed by atoms with E-state index in [0.29, 0.717) is 27.8 Å². The van der Waals surface area contributed by atoms with Gasteiger partial charge in [-0.15, -0.1) is 0 Å². The SMILES string of the molecule is O=C(COC(=O)c1cc(-c2ccc(N3C(=O)C4CCCCC4C3=O)cc2)nc2ccc(Br)cc12)c1ccc([N+](=O)[O-])cc1. The van der Waals surface area contributed by atoms with E-state index in [1.54, 1.807) is 48.5 Å². The largest absolute Gasteiger partial charge is 0.454 e. The Labute approximate surface area is 253 Å². The number of amides is 2. The van der Waals surface area contributed by atoms with Gasteiger partial charge in [0.2, 0.25) is 11.8 Å². The highest BCUT2D eigenvalue weighted by Gasteiger charge is 2.48. The fraction of sp³-hybridized carbons (Fsp3) is 0.219. The molecule has 10 nitrogen and oxygen atoms in total. The lowest BCUT2D eigenvalue weighted by atomic mass is 9.81. The first-order chi connectivity index (χ1) is 20.7. The lowest BCUT2D eigenvalue weighted by Crippen LogP contribution is -2.30. The van der Waals surface area contributed by atoms with Gasteiger partial charge in [0.05, 0.1) is 39.2 Å². The van der Waals surface area contributed by atoms with Gasteiger partial charge in [-0.1, -0.05) is 40.9 Å². The summed E-state index contributed by atoms with van der Waals surface area (Å²) in [6, 6.07) is 18.8. The minimum absolute atomic E-state index is 0.148. The maximum absolute atomic E-state index is 13.3. The van der Waals surface area contributed by atoms with E-state index in [1.165, 1.54) is 29.2 Å². The van der Waals surface area contributed by atoms with Crippen LogP contribution in [0.1, 0.15) is 46.4 Å². The number of pyridine rings is 1. The Balaban J connectivity index is 1.26. The fourth-order valence-corrected chi connectivity index (χ4v) is 6.14. The molecule has 0 N–H and O–H groups in total. The number of carbonyl (C=O) groups is 4. The molecule has 1 aliphatic carbocycles. The average Bonchev–Trinajstić information content (AvgIpc) is 3.28. The van der Waals surface area contributed by atoms with Gasteiger partial charge < -0.3 is 4.74 Å². The molecule has 2 aliphatic rings. The zero-order valence-electron chi connectivity index (χ0n) is 22.7. The van der Waals surface area contributed by atoms with E-state index in [-0.39, 0.29) is 40.5 Å². The third-order valence-corrected chi connectivity index (χ3v) is 8.48. The lowest BCUT2D eigenvalue weighted by Gasteiger charge is -2.19. The molecule has 6 rings (SSSR count). The van der Waals surface area contributed by atoms with Crippen LogP contribution < -0.4 is 4.90 Å². The average molecular weight is 642 g/mol. The number of nitro groups is 1. The fourth-order valence-electron chi connectivity index (χ4n) is 5.77. The molecule has 1 saturated heterocycles. The minimum atomic E-state index is -0.741. The second kappa shape index (κ2) is 11.5. The van der Waals surface area contributed by atoms with E-state index >= 15 is 0 Å². The van der Waals surface area contributed by atoms with Crippen LogP contribution in [0.4, 0.5) is 11.4 Å². The van der Waals surface area contributed by atoms with Gasteiger partial charge in [-0.2, -0.15) is 0 Å². The zero-order chi connectivity index (χ0) is 30.2. The molecule has 1 aliphatic heterocycles. The molecule has 0 bridgehead atoms. The van der Waals surface area contributed by atoms with E-state index in [1.807, 2.05) is 0 Å². The molecule has 2 amide bonds. The van der Waals surface area contributed by atoms with Gasteiger partial charge in [0, 0.05) is 33.1 Å². The lowest BCUT2D eigenvalue weighted by molar-refractivity contribution is -0.384. The first-order valence-corrected chi connectivity index (χ1v) is 14.5. The number of ketones is 1. The molecule has 2 atom stereocenters. The van der Waals surface area contributed by atoms with E-state index in [0.717, 1.165) is 30.2 Å². The Hall–Kier alpha value is -4.77. The van der Waals surface area contributed by atoms with Crippen LogP contribution in [0.3, 0.4) is 0 Å². The Morgan fingerprint density at radius 2 is 1.58 bits per heavy atom. The molecule has 216 valence electrons. The number of nitrogens with zero attached hydrogens (tertiary/aromatic N) is 3. The highest BCUT2D eigenvalue weighted by atomic mass is 79.9. The molecule has 1 aromatic heterocycles. The van der Waals surface area contributed by atoms with Gasteiger partial charge in [0.25, 0.3) is 5.69 Å². The van der Waals surface area contributed by atoms with Gasteiger partial charge in [0.15, 0.2) is 12.4 Å². The highest BCUT2D eigenvalue weighted by Crippen LogP contribution is 2.40. The number of carbonyl (C=O) groups excluding carboxylic acids is 4. The van der Waals surface area contributed by atoms with Crippen LogP contribution >= 0.6 is 15.9 Å². The van der Waals surface area contributed by atoms with Crippen molar-refractivity contribution >= 4 is 61.8 Å². The second-order valence-electron chi connectivity index (χ2n) is 10.6. The molecule has 3 aromatic carbocycles. The number of nitro benzene ring substituents is 1. The quantitative estimate of drug-likeness (QED) is 0.0754. The Kier molecular flexibility index (Phi) is 7.57. The molecular formula is C32H24BrN3O7. The van der Waals surface area contributed by atoms with Crippen molar-refractivity contribution in [1.82, 2.24) is 4.98 Å². The number of esters is 1. The molecule has 43 heavy (non-hydrogen) atoms. The number of benzene rings is 3. The van der Waals surface area contributed by atoms with Crippen molar-refractivity contribution in [3.63, 3.8) is 0 Å². The van der Waals surface area contributed by atoms with Crippen LogP contribution in [-0.2, 0) is 14.3 Å². The van der Waals surface area contributed by atoms with Crippen LogP contribution in [0.5, 0.6) is 0 Å². The van der Waals surface area contributed by atoms with E-state index in [4.69, 9.17) is 9.72 Å². The Bertz CT molecular complexity index is 1780. The van der Waals surface area contributed by atoms with Crippen LogP contribution in [0.2, 0.25) is 0 Å². The predicted molar refractivity (Wildman–Crippen MR) is 161 cm³/mol. The summed E-state index contributed by atoms with van der Waals surface area (Å²) in [7, 11) is 0. The maximum Gasteiger partial charge on any atom is 0.339 e. The van der Waals surface area contributed by atoms with Crippen LogP contribution in [0, 0.1) is 22.0 Å². The van der Waals surface area contributed by atoms with Crippen molar-refractivity contribution in [2.75, 3.05) is 11.5 Å².